The van der Waals surface area contributed by atoms with Gasteiger partial charge in [0.1, 0.15) is 24.0 Å². The van der Waals surface area contributed by atoms with Crippen molar-refractivity contribution in [2.75, 3.05) is 16.2 Å². The zero-order chi connectivity index (χ0) is 29.1. The highest BCUT2D eigenvalue weighted by Gasteiger charge is 2.44. The molecule has 0 radical (unpaired) electrons. The number of rotatable bonds is 7. The van der Waals surface area contributed by atoms with E-state index < -0.39 is 40.3 Å². The maximum Gasteiger partial charge on any atom is 0.324 e. The number of benzene rings is 3. The van der Waals surface area contributed by atoms with Crippen molar-refractivity contribution in [3.05, 3.63) is 83.4 Å². The molecular weight excluding hydrogens is 558 g/mol. The largest absolute Gasteiger partial charge is 0.485 e. The number of ether oxygens (including phenoxy) is 1. The minimum absolute atomic E-state index is 0.0115. The molecule has 2 atom stereocenters. The molecule has 13 heteroatoms. The Labute approximate surface area is 236 Å². The van der Waals surface area contributed by atoms with Gasteiger partial charge >= 0.3 is 5.97 Å². The molecule has 208 valence electrons. The maximum atomic E-state index is 13.7. The molecule has 1 aliphatic rings. The number of hydrogen-bond acceptors (Lipinski definition) is 7. The van der Waals surface area contributed by atoms with Crippen LogP contribution in [0.15, 0.2) is 82.7 Å². The summed E-state index contributed by atoms with van der Waals surface area (Å²) in [5.74, 6) is -1.06. The van der Waals surface area contributed by atoms with Crippen LogP contribution < -0.4 is 19.7 Å². The van der Waals surface area contributed by atoms with Crippen molar-refractivity contribution in [2.45, 2.75) is 36.5 Å². The first kappa shape index (κ1) is 28.7. The molecule has 3 aromatic carbocycles. The number of sulfonamides is 1. The topological polar surface area (TPSA) is 164 Å². The molecule has 4 N–H and O–H groups in total. The van der Waals surface area contributed by atoms with Gasteiger partial charge in [-0.25, -0.2) is 8.42 Å². The number of aliphatic carboxylic acids is 1. The highest BCUT2D eigenvalue weighted by atomic mass is 35.5. The Balaban J connectivity index is 1.76. The molecule has 0 bridgehead atoms. The maximum absolute atomic E-state index is 13.7. The predicted octanol–water partition coefficient (Wildman–Crippen LogP) is 3.73. The minimum Gasteiger partial charge on any atom is -0.485 e. The van der Waals surface area contributed by atoms with Crippen molar-refractivity contribution in [1.29, 1.82) is 5.26 Å². The monoisotopic (exact) mass is 583 g/mol. The summed E-state index contributed by atoms with van der Waals surface area (Å²) in [4.78, 5) is 15.2. The van der Waals surface area contributed by atoms with Crippen LogP contribution in [-0.4, -0.2) is 48.8 Å². The summed E-state index contributed by atoms with van der Waals surface area (Å²) in [6, 6.07) is 17.6. The van der Waals surface area contributed by atoms with Gasteiger partial charge in [0.15, 0.2) is 0 Å². The zero-order valence-corrected chi connectivity index (χ0v) is 23.0. The van der Waals surface area contributed by atoms with Gasteiger partial charge in [-0.3, -0.25) is 9.10 Å². The lowest BCUT2D eigenvalue weighted by atomic mass is 9.86. The number of nitrogens with one attached hydrogen (secondary N) is 2. The molecule has 0 saturated heterocycles. The molecule has 0 spiro atoms. The SMILES string of the molecule is CC1(C)Oc2ccc(S(=O)(=O)N(CC(=O)O)c3ccccc3)cc2C(NC(=NC#N)Nc2ccc(Cl)cc2)C1O. The molecule has 3 aromatic rings. The second-order valence-electron chi connectivity index (χ2n) is 9.41. The Bertz CT molecular complexity index is 1570. The van der Waals surface area contributed by atoms with E-state index in [4.69, 9.17) is 16.3 Å². The number of guanidine groups is 1. The summed E-state index contributed by atoms with van der Waals surface area (Å²) < 4.78 is 34.2. The molecular formula is C27H26ClN5O6S. The van der Waals surface area contributed by atoms with Gasteiger partial charge in [-0.15, -0.1) is 4.99 Å². The average Bonchev–Trinajstić information content (AvgIpc) is 2.91. The van der Waals surface area contributed by atoms with E-state index in [2.05, 4.69) is 15.6 Å². The van der Waals surface area contributed by atoms with Crippen molar-refractivity contribution in [2.24, 2.45) is 4.99 Å². The van der Waals surface area contributed by atoms with Gasteiger partial charge in [-0.2, -0.15) is 5.26 Å². The van der Waals surface area contributed by atoms with E-state index in [0.29, 0.717) is 16.5 Å². The number of nitriles is 1. The third-order valence-corrected chi connectivity index (χ3v) is 8.21. The van der Waals surface area contributed by atoms with Crippen molar-refractivity contribution in [1.82, 2.24) is 5.32 Å². The lowest BCUT2D eigenvalue weighted by Gasteiger charge is -2.42. The van der Waals surface area contributed by atoms with Crippen LogP contribution in [0.2, 0.25) is 5.02 Å². The summed E-state index contributed by atoms with van der Waals surface area (Å²) >= 11 is 5.95. The van der Waals surface area contributed by atoms with Crippen molar-refractivity contribution < 1.29 is 28.2 Å². The van der Waals surface area contributed by atoms with Crippen LogP contribution in [0, 0.1) is 11.5 Å². The van der Waals surface area contributed by atoms with E-state index in [0.717, 1.165) is 4.31 Å². The van der Waals surface area contributed by atoms with Crippen LogP contribution in [0.4, 0.5) is 11.4 Å². The fraction of sp³-hybridized carbons (Fsp3) is 0.222. The highest BCUT2D eigenvalue weighted by Crippen LogP contribution is 2.41. The fourth-order valence-electron chi connectivity index (χ4n) is 4.22. The number of carboxylic acids is 1. The lowest BCUT2D eigenvalue weighted by Crippen LogP contribution is -2.54. The third kappa shape index (κ3) is 6.12. The van der Waals surface area contributed by atoms with Crippen LogP contribution in [0.3, 0.4) is 0 Å². The molecule has 1 aliphatic heterocycles. The first-order chi connectivity index (χ1) is 18.9. The van der Waals surface area contributed by atoms with Gasteiger partial charge < -0.3 is 25.6 Å². The number of halogens is 1. The van der Waals surface area contributed by atoms with Crippen molar-refractivity contribution >= 4 is 44.9 Å². The molecule has 2 unspecified atom stereocenters. The Kier molecular flexibility index (Phi) is 8.20. The Morgan fingerprint density at radius 3 is 2.45 bits per heavy atom. The number of hydrogen-bond donors (Lipinski definition) is 4. The van der Waals surface area contributed by atoms with Gasteiger partial charge in [0.25, 0.3) is 10.0 Å². The van der Waals surface area contributed by atoms with E-state index in [-0.39, 0.29) is 22.1 Å². The molecule has 4 rings (SSSR count). The Morgan fingerprint density at radius 1 is 1.15 bits per heavy atom. The molecule has 1 heterocycles. The predicted molar refractivity (Wildman–Crippen MR) is 150 cm³/mol. The smallest absolute Gasteiger partial charge is 0.324 e. The van der Waals surface area contributed by atoms with E-state index in [1.165, 1.54) is 30.3 Å². The zero-order valence-electron chi connectivity index (χ0n) is 21.4. The number of aliphatic hydroxyl groups excluding tert-OH is 1. The number of aliphatic hydroxyl groups is 1. The van der Waals surface area contributed by atoms with Gasteiger partial charge in [-0.05, 0) is 68.4 Å². The summed E-state index contributed by atoms with van der Waals surface area (Å²) in [6.07, 6.45) is 0.477. The number of fused-ring (bicyclic) bond motifs is 1. The summed E-state index contributed by atoms with van der Waals surface area (Å²) in [7, 11) is -4.37. The van der Waals surface area contributed by atoms with Gasteiger partial charge in [-0.1, -0.05) is 29.8 Å². The summed E-state index contributed by atoms with van der Waals surface area (Å²) in [5.41, 5.74) is -0.122. The van der Waals surface area contributed by atoms with Crippen molar-refractivity contribution in [3.63, 3.8) is 0 Å². The average molecular weight is 584 g/mol. The van der Waals surface area contributed by atoms with Gasteiger partial charge in [0.05, 0.1) is 16.6 Å². The van der Waals surface area contributed by atoms with E-state index in [9.17, 15) is 28.7 Å². The Morgan fingerprint density at radius 2 is 1.82 bits per heavy atom. The number of carbonyl (C=O) groups is 1. The fourth-order valence-corrected chi connectivity index (χ4v) is 5.79. The quantitative estimate of drug-likeness (QED) is 0.184. The van der Waals surface area contributed by atoms with Crippen LogP contribution in [-0.2, 0) is 14.8 Å². The van der Waals surface area contributed by atoms with Gasteiger partial charge in [0, 0.05) is 16.3 Å². The van der Waals surface area contributed by atoms with Crippen LogP contribution >= 0.6 is 11.6 Å². The number of anilines is 2. The normalized spacial score (nSPS) is 18.0. The van der Waals surface area contributed by atoms with E-state index in [1.807, 2.05) is 0 Å². The lowest BCUT2D eigenvalue weighted by molar-refractivity contribution is -0.135. The number of aliphatic imine (C=N–C) groups is 1. The molecule has 0 saturated carbocycles. The number of nitrogens with zero attached hydrogens (tertiary/aromatic N) is 3. The second kappa shape index (κ2) is 11.4. The first-order valence-electron chi connectivity index (χ1n) is 12.0. The highest BCUT2D eigenvalue weighted by molar-refractivity contribution is 7.92. The minimum atomic E-state index is -4.37. The third-order valence-electron chi connectivity index (χ3n) is 6.19. The standard InChI is InChI=1S/C27H26ClN5O6S/c1-27(2)25(36)24(32-26(30-16-29)31-18-10-8-17(28)9-11-18)21-14-20(12-13-22(21)39-27)40(37,38)33(15-23(34)35)19-6-4-3-5-7-19/h3-14,24-25,36H,15H2,1-2H3,(H,34,35)(H2,30,31,32). The molecule has 0 aromatic heterocycles. The van der Waals surface area contributed by atoms with Gasteiger partial charge in [0.2, 0.25) is 12.2 Å². The first-order valence-corrected chi connectivity index (χ1v) is 13.8. The number of carboxylic acid groups (broad SMARTS) is 1. The second-order valence-corrected chi connectivity index (χ2v) is 11.7. The molecule has 0 fully saturated rings. The summed E-state index contributed by atoms with van der Waals surface area (Å²) in [5, 5.41) is 36.5. The molecule has 11 nitrogen and oxygen atoms in total. The Hall–Kier alpha value is -4.31. The van der Waals surface area contributed by atoms with Crippen molar-refractivity contribution in [3.8, 4) is 11.9 Å². The van der Waals surface area contributed by atoms with Crippen LogP contribution in [0.5, 0.6) is 5.75 Å². The van der Waals surface area contributed by atoms with E-state index in [1.54, 1.807) is 62.5 Å². The van der Waals surface area contributed by atoms with E-state index >= 15 is 0 Å². The number of para-hydroxylation sites is 1. The van der Waals surface area contributed by atoms with Crippen LogP contribution in [0.25, 0.3) is 0 Å². The molecule has 40 heavy (non-hydrogen) atoms. The molecule has 0 aliphatic carbocycles. The molecule has 0 amide bonds. The summed E-state index contributed by atoms with van der Waals surface area (Å²) in [6.45, 7) is 2.52. The van der Waals surface area contributed by atoms with Crippen LogP contribution in [0.1, 0.15) is 25.5 Å².